The fourth-order valence-corrected chi connectivity index (χ4v) is 8.16. The maximum absolute atomic E-state index is 12.8. The van der Waals surface area contributed by atoms with Crippen molar-refractivity contribution in [3.05, 3.63) is 96.1 Å². The molecule has 0 aliphatic carbocycles. The predicted octanol–water partition coefficient (Wildman–Crippen LogP) is -0.602. The van der Waals surface area contributed by atoms with Crippen LogP contribution in [0.1, 0.15) is 15.9 Å². The van der Waals surface area contributed by atoms with Crippen LogP contribution in [0.2, 0.25) is 0 Å². The number of rotatable bonds is 16. The van der Waals surface area contributed by atoms with Gasteiger partial charge in [-0.15, -0.1) is 0 Å². The lowest BCUT2D eigenvalue weighted by atomic mass is 9.97. The first-order valence-electron chi connectivity index (χ1n) is 22.7. The molecule has 398 valence electrons. The van der Waals surface area contributed by atoms with Gasteiger partial charge >= 0.3 is 17.3 Å². The lowest BCUT2D eigenvalue weighted by Gasteiger charge is -2.46. The van der Waals surface area contributed by atoms with Gasteiger partial charge in [0.15, 0.2) is 35.4 Å². The van der Waals surface area contributed by atoms with Crippen molar-refractivity contribution in [2.75, 3.05) is 26.4 Å². The second kappa shape index (κ2) is 22.8. The van der Waals surface area contributed by atoms with Crippen LogP contribution in [0.3, 0.4) is 0 Å². The molecule has 0 bridgehead atoms. The van der Waals surface area contributed by atoms with Gasteiger partial charge in [-0.3, -0.25) is 0 Å². The number of hydrogen-bond acceptors (Lipinski definition) is 24. The number of hydrogen-bond donors (Lipinski definition) is 15. The molecule has 15 N–H and O–H groups in total. The van der Waals surface area contributed by atoms with Crippen molar-refractivity contribution in [2.24, 2.45) is 0 Å². The molecule has 0 unspecified atom stereocenters. The topological polar surface area (TPSA) is 406 Å². The van der Waals surface area contributed by atoms with Crippen LogP contribution in [0, 0.1) is 0 Å². The summed E-state index contributed by atoms with van der Waals surface area (Å²) in [5.41, 5.74) is 0.293. The molecule has 8 rings (SSSR count). The van der Waals surface area contributed by atoms with Gasteiger partial charge in [0.05, 0.1) is 37.0 Å². The third-order valence-corrected chi connectivity index (χ3v) is 12.3. The van der Waals surface area contributed by atoms with E-state index in [1.54, 1.807) is 6.08 Å². The molecule has 3 aliphatic rings. The molecule has 74 heavy (non-hydrogen) atoms. The summed E-state index contributed by atoms with van der Waals surface area (Å²) in [6.45, 7) is -2.14. The molecule has 5 aromatic rings. The van der Waals surface area contributed by atoms with Crippen molar-refractivity contribution in [1.29, 1.82) is 0 Å². The zero-order valence-electron chi connectivity index (χ0n) is 38.4. The third kappa shape index (κ3) is 11.7. The molecule has 1 aromatic heterocycles. The number of carbonyl (C=O) groups is 1. The Labute approximate surface area is 417 Å². The largest absolute Gasteiger partial charge is 0.508 e. The minimum absolute atomic E-state index is 0.00296. The average molecular weight is 1040 g/mol. The number of carbonyl (C=O) groups excluding carboxylic acids is 1. The zero-order valence-corrected chi connectivity index (χ0v) is 38.4. The van der Waals surface area contributed by atoms with Crippen LogP contribution in [-0.4, -0.2) is 201 Å². The van der Waals surface area contributed by atoms with Gasteiger partial charge in [-0.1, -0.05) is 18.2 Å². The number of aliphatic hydroxyl groups excluding tert-OH is 9. The van der Waals surface area contributed by atoms with Crippen molar-refractivity contribution in [3.8, 4) is 57.3 Å². The Morgan fingerprint density at radius 2 is 1.18 bits per heavy atom. The molecule has 4 aromatic carbocycles. The van der Waals surface area contributed by atoms with E-state index in [9.17, 15) is 81.4 Å². The summed E-state index contributed by atoms with van der Waals surface area (Å²) in [5, 5.41) is 159. The van der Waals surface area contributed by atoms with E-state index < -0.39 is 135 Å². The van der Waals surface area contributed by atoms with E-state index in [0.717, 1.165) is 24.3 Å². The minimum atomic E-state index is -2.09. The fraction of sp³-hybridized carbons (Fsp3) is 0.388. The summed E-state index contributed by atoms with van der Waals surface area (Å²) < 4.78 is 53.2. The number of phenols is 6. The molecule has 3 fully saturated rings. The smallest absolute Gasteiger partial charge is 0.402 e. The highest BCUT2D eigenvalue weighted by atomic mass is 16.8. The number of phenolic OH excluding ortho intramolecular Hbond substituents is 6. The van der Waals surface area contributed by atoms with Gasteiger partial charge in [-0.25, -0.2) is 9.21 Å². The summed E-state index contributed by atoms with van der Waals surface area (Å²) in [6.07, 6.45) is -24.6. The highest BCUT2D eigenvalue weighted by molar-refractivity contribution is 5.90. The van der Waals surface area contributed by atoms with E-state index in [-0.39, 0.29) is 63.2 Å². The molecule has 0 amide bonds. The van der Waals surface area contributed by atoms with Crippen LogP contribution in [-0.2, 0) is 28.4 Å². The molecule has 0 spiro atoms. The number of ether oxygens (including phenoxy) is 8. The van der Waals surface area contributed by atoms with Gasteiger partial charge in [-0.05, 0) is 54.1 Å². The van der Waals surface area contributed by atoms with Gasteiger partial charge in [0.25, 0.3) is 0 Å². The molecule has 0 radical (unpaired) electrons. The van der Waals surface area contributed by atoms with Crippen molar-refractivity contribution in [3.63, 3.8) is 0 Å². The van der Waals surface area contributed by atoms with E-state index in [0.29, 0.717) is 5.56 Å². The monoisotopic (exact) mass is 1040 g/mol. The molecule has 25 nitrogen and oxygen atoms in total. The van der Waals surface area contributed by atoms with E-state index in [1.807, 2.05) is 0 Å². The Morgan fingerprint density at radius 3 is 1.86 bits per heavy atom. The van der Waals surface area contributed by atoms with Crippen molar-refractivity contribution < 1.29 is 124 Å². The van der Waals surface area contributed by atoms with Crippen molar-refractivity contribution in [1.82, 2.24) is 0 Å². The quantitative estimate of drug-likeness (QED) is 0.0254. The van der Waals surface area contributed by atoms with Gasteiger partial charge in [-0.2, -0.15) is 0 Å². The summed E-state index contributed by atoms with van der Waals surface area (Å²) in [5.74, 6) is -4.43. The fourth-order valence-electron chi connectivity index (χ4n) is 8.16. The normalized spacial score (nSPS) is 30.3. The summed E-state index contributed by atoms with van der Waals surface area (Å²) in [6, 6.07) is 15.9. The molecule has 0 saturated carbocycles. The molecular weight excluding hydrogens is 989 g/mol. The maximum Gasteiger partial charge on any atom is 0.402 e. The first-order chi connectivity index (χ1) is 35.3. The first kappa shape index (κ1) is 53.6. The lowest BCUT2D eigenvalue weighted by molar-refractivity contribution is -0.358. The van der Waals surface area contributed by atoms with Gasteiger partial charge < -0.3 is 114 Å². The van der Waals surface area contributed by atoms with Crippen LogP contribution in [0.15, 0.2) is 89.4 Å². The summed E-state index contributed by atoms with van der Waals surface area (Å²) in [7, 11) is 0. The molecule has 15 atom stereocenters. The van der Waals surface area contributed by atoms with Gasteiger partial charge in [0.1, 0.15) is 96.4 Å². The van der Waals surface area contributed by atoms with Crippen LogP contribution in [0.5, 0.6) is 46.0 Å². The lowest BCUT2D eigenvalue weighted by Crippen LogP contribution is -2.65. The van der Waals surface area contributed by atoms with Crippen LogP contribution in [0.4, 0.5) is 0 Å². The van der Waals surface area contributed by atoms with Crippen molar-refractivity contribution in [2.45, 2.75) is 92.1 Å². The molecule has 3 saturated heterocycles. The molecular formula is C49H53O25+. The number of aliphatic hydroxyl groups is 9. The second-order valence-corrected chi connectivity index (χ2v) is 17.4. The highest BCUT2D eigenvalue weighted by Crippen LogP contribution is 2.44. The summed E-state index contributed by atoms with van der Waals surface area (Å²) >= 11 is 0. The van der Waals surface area contributed by atoms with Gasteiger partial charge in [0.2, 0.25) is 18.3 Å². The first-order valence-corrected chi connectivity index (χ1v) is 22.7. The zero-order chi connectivity index (χ0) is 53.1. The Kier molecular flexibility index (Phi) is 16.6. The third-order valence-electron chi connectivity index (χ3n) is 12.3. The predicted molar refractivity (Wildman–Crippen MR) is 246 cm³/mol. The van der Waals surface area contributed by atoms with E-state index in [4.69, 9.17) is 42.3 Å². The minimum Gasteiger partial charge on any atom is -0.508 e. The average Bonchev–Trinajstić information content (AvgIpc) is 3.38. The van der Waals surface area contributed by atoms with E-state index >= 15 is 0 Å². The summed E-state index contributed by atoms with van der Waals surface area (Å²) in [4.78, 5) is 12.8. The maximum atomic E-state index is 12.8. The number of fused-ring (bicyclic) bond motifs is 1. The van der Waals surface area contributed by atoms with E-state index in [1.165, 1.54) is 60.7 Å². The van der Waals surface area contributed by atoms with Crippen LogP contribution in [0.25, 0.3) is 28.4 Å². The second-order valence-electron chi connectivity index (χ2n) is 17.4. The Hall–Kier alpha value is -6.66. The van der Waals surface area contributed by atoms with Crippen LogP contribution < -0.4 is 9.47 Å². The van der Waals surface area contributed by atoms with Crippen LogP contribution >= 0.6 is 0 Å². The SMILES string of the molecule is O=C(OC[C@H]1O[C@@H](O[C@H]2[C@H](Oc3cc4c(O[C@@H]5O[C@H](CO)[C@@H](O)[C@H](O)[C@H]5O)cc(O)cc4[o+]c3-c3ccc(O)c(O)c3)O[C@H](COCC=Cc3ccc(O)c(O)c3)[C@@H](O)[C@@H]2O)[C@H](O)[C@@H](O)[C@@H]1O)c1ccc(O)cc1. The Bertz CT molecular complexity index is 2770. The molecule has 3 aliphatic heterocycles. The molecule has 25 heteroatoms. The number of aromatic hydroxyl groups is 6. The standard InChI is InChI=1S/C49H52O25/c50-17-33-36(57)39(60)42(63)47(71-33)69-31-15-24(52)14-30-25(31)16-32(44(68-30)22-6-10-27(54)29(56)13-22)70-49-45(41(62)38(59)34(73-49)18-66-11-1-2-20-3-9-26(53)28(55)12-20)74-48-43(64)40(61)37(58)35(72-48)19-67-46(65)21-4-7-23(51)8-5-21/h1-10,12-16,33-43,45,47-50,57-64H,11,17-19H2,(H5-,51,52,53,54,55,56,65)/p+1/t33-,34-,35-,36-,37-,38-,39+,40+,41+,42-,43-,45-,47-,48+,49-/m1/s1. The van der Waals surface area contributed by atoms with E-state index in [2.05, 4.69) is 0 Å². The number of esters is 1. The Morgan fingerprint density at radius 1 is 0.568 bits per heavy atom. The number of benzene rings is 4. The highest BCUT2D eigenvalue weighted by Gasteiger charge is 2.53. The molecule has 4 heterocycles. The van der Waals surface area contributed by atoms with Crippen molar-refractivity contribution >= 4 is 23.0 Å². The Balaban J connectivity index is 1.14. The van der Waals surface area contributed by atoms with Gasteiger partial charge in [0, 0.05) is 18.2 Å².